The third-order valence-corrected chi connectivity index (χ3v) is 6.63. The van der Waals surface area contributed by atoms with E-state index in [9.17, 15) is 22.0 Å². The van der Waals surface area contributed by atoms with Gasteiger partial charge in [-0.2, -0.15) is 0 Å². The van der Waals surface area contributed by atoms with E-state index in [1.807, 2.05) is 16.9 Å². The smallest absolute Gasteiger partial charge is 0.246 e. The molecule has 10 heteroatoms. The average molecular weight is 454 g/mol. The van der Waals surface area contributed by atoms with Crippen LogP contribution in [0.25, 0.3) is 0 Å². The molecule has 0 bridgehead atoms. The molecule has 1 fully saturated rings. The summed E-state index contributed by atoms with van der Waals surface area (Å²) in [6.07, 6.45) is 2.02. The molecule has 0 spiro atoms. The first-order valence-corrected chi connectivity index (χ1v) is 11.4. The van der Waals surface area contributed by atoms with Gasteiger partial charge in [-0.05, 0) is 49.2 Å². The van der Waals surface area contributed by atoms with Gasteiger partial charge in [-0.15, -0.1) is 0 Å². The van der Waals surface area contributed by atoms with Crippen LogP contribution in [0, 0.1) is 11.6 Å². The number of piperidine rings is 1. The predicted molar refractivity (Wildman–Crippen MR) is 113 cm³/mol. The van der Waals surface area contributed by atoms with Gasteiger partial charge in [0.25, 0.3) is 0 Å². The largest absolute Gasteiger partial charge is 0.381 e. The molecule has 2 N–H and O–H groups in total. The number of nitrogens with one attached hydrogen (secondary N) is 2. The van der Waals surface area contributed by atoms with Crippen LogP contribution < -0.4 is 14.9 Å². The van der Waals surface area contributed by atoms with Crippen LogP contribution in [0.5, 0.6) is 0 Å². The normalized spacial score (nSPS) is 15.1. The van der Waals surface area contributed by atoms with Crippen molar-refractivity contribution in [1.29, 1.82) is 0 Å². The molecule has 1 aliphatic heterocycles. The van der Waals surface area contributed by atoms with Crippen LogP contribution >= 0.6 is 0 Å². The Bertz CT molecular complexity index is 988. The quantitative estimate of drug-likeness (QED) is 0.642. The summed E-state index contributed by atoms with van der Waals surface area (Å²) in [5, 5.41) is 2.68. The van der Waals surface area contributed by atoms with E-state index in [1.54, 1.807) is 19.2 Å². The summed E-state index contributed by atoms with van der Waals surface area (Å²) < 4.78 is 59.0. The van der Waals surface area contributed by atoms with Gasteiger partial charge < -0.3 is 15.0 Å². The van der Waals surface area contributed by atoms with Crippen LogP contribution in [-0.4, -0.2) is 47.2 Å². The van der Waals surface area contributed by atoms with Crippen molar-refractivity contribution in [2.45, 2.75) is 30.3 Å². The van der Waals surface area contributed by atoms with Gasteiger partial charge in [-0.1, -0.05) is 6.07 Å². The number of hydrogen-bond donors (Lipinski definition) is 2. The first-order valence-electron chi connectivity index (χ1n) is 9.91. The van der Waals surface area contributed by atoms with E-state index in [0.29, 0.717) is 11.8 Å². The molecule has 0 unspecified atom stereocenters. The van der Waals surface area contributed by atoms with Crippen molar-refractivity contribution in [3.8, 4) is 0 Å². The fourth-order valence-corrected chi connectivity index (χ4v) is 4.60. The fraction of sp³-hybridized carbons (Fsp3) is 0.381. The highest BCUT2D eigenvalue weighted by molar-refractivity contribution is 7.89. The zero-order valence-corrected chi connectivity index (χ0v) is 17.9. The minimum absolute atomic E-state index is 0.193. The zero-order valence-electron chi connectivity index (χ0n) is 17.1. The lowest BCUT2D eigenvalue weighted by atomic mass is 10.1. The third-order valence-electron chi connectivity index (χ3n) is 5.12. The molecule has 2 aromatic rings. The molecule has 0 aromatic heterocycles. The second-order valence-corrected chi connectivity index (χ2v) is 8.92. The number of carbonyl (C=O) groups is 1. The van der Waals surface area contributed by atoms with Gasteiger partial charge in [0.05, 0.1) is 6.10 Å². The zero-order chi connectivity index (χ0) is 22.4. The fourth-order valence-electron chi connectivity index (χ4n) is 3.44. The lowest BCUT2D eigenvalue weighted by Crippen LogP contribution is -2.36. The molecule has 1 aliphatic rings. The number of carbonyl (C=O) groups excluding carboxylic acids is 1. The Morgan fingerprint density at radius 3 is 2.29 bits per heavy atom. The summed E-state index contributed by atoms with van der Waals surface area (Å²) in [4.78, 5) is 13.3. The molecule has 7 nitrogen and oxygen atoms in total. The van der Waals surface area contributed by atoms with Gasteiger partial charge in [-0.3, -0.25) is 4.79 Å². The Hall–Kier alpha value is -2.56. The van der Waals surface area contributed by atoms with E-state index in [-0.39, 0.29) is 13.0 Å². The molecule has 168 valence electrons. The van der Waals surface area contributed by atoms with E-state index in [0.717, 1.165) is 49.8 Å². The molecule has 0 radical (unpaired) electrons. The molecule has 1 saturated heterocycles. The van der Waals surface area contributed by atoms with Crippen molar-refractivity contribution in [2.24, 2.45) is 0 Å². The Morgan fingerprint density at radius 2 is 1.71 bits per heavy atom. The lowest BCUT2D eigenvalue weighted by molar-refractivity contribution is -0.116. The Balaban J connectivity index is 1.49. The van der Waals surface area contributed by atoms with Crippen LogP contribution in [0.15, 0.2) is 47.4 Å². The maximum atomic E-state index is 13.7. The number of anilines is 2. The first-order chi connectivity index (χ1) is 14.8. The Labute approximate surface area is 180 Å². The molecule has 3 rings (SSSR count). The van der Waals surface area contributed by atoms with Crippen LogP contribution in [0.3, 0.4) is 0 Å². The molecule has 1 amide bonds. The summed E-state index contributed by atoms with van der Waals surface area (Å²) in [6, 6.07) is 10.1. The monoisotopic (exact) mass is 453 g/mol. The highest BCUT2D eigenvalue weighted by atomic mass is 32.2. The summed E-state index contributed by atoms with van der Waals surface area (Å²) in [5.74, 6) is -2.81. The third kappa shape index (κ3) is 5.99. The van der Waals surface area contributed by atoms with E-state index in [4.69, 9.17) is 4.74 Å². The molecule has 1 heterocycles. The van der Waals surface area contributed by atoms with Crippen molar-refractivity contribution in [3.05, 3.63) is 54.1 Å². The van der Waals surface area contributed by atoms with Gasteiger partial charge in [-0.25, -0.2) is 21.9 Å². The standard InChI is InChI=1S/C21H25F2N3O4S/c1-30-17-10-13-26(14-11-17)16-7-5-15(6-8-16)25-20(27)9-12-24-31(28,29)21-18(22)3-2-4-19(21)23/h2-8,17,24H,9-14H2,1H3,(H,25,27). The molecular formula is C21H25F2N3O4S. The lowest BCUT2D eigenvalue weighted by Gasteiger charge is -2.33. The van der Waals surface area contributed by atoms with Gasteiger partial charge >= 0.3 is 0 Å². The minimum Gasteiger partial charge on any atom is -0.381 e. The van der Waals surface area contributed by atoms with E-state index < -0.39 is 32.5 Å². The van der Waals surface area contributed by atoms with Crippen molar-refractivity contribution in [1.82, 2.24) is 4.72 Å². The summed E-state index contributed by atoms with van der Waals surface area (Å²) >= 11 is 0. The van der Waals surface area contributed by atoms with Crippen LogP contribution in [0.1, 0.15) is 19.3 Å². The van der Waals surface area contributed by atoms with E-state index in [2.05, 4.69) is 10.2 Å². The van der Waals surface area contributed by atoms with Crippen LogP contribution in [-0.2, 0) is 19.6 Å². The number of ether oxygens (including phenoxy) is 1. The first kappa shape index (κ1) is 23.1. The maximum Gasteiger partial charge on any atom is 0.246 e. The summed E-state index contributed by atoms with van der Waals surface area (Å²) in [5.41, 5.74) is 1.62. The maximum absolute atomic E-state index is 13.7. The number of amides is 1. The minimum atomic E-state index is -4.41. The highest BCUT2D eigenvalue weighted by Gasteiger charge is 2.23. The topological polar surface area (TPSA) is 87.7 Å². The number of rotatable bonds is 8. The number of benzene rings is 2. The highest BCUT2D eigenvalue weighted by Crippen LogP contribution is 2.23. The van der Waals surface area contributed by atoms with Crippen molar-refractivity contribution < 1.29 is 26.7 Å². The van der Waals surface area contributed by atoms with Gasteiger partial charge in [0, 0.05) is 44.5 Å². The van der Waals surface area contributed by atoms with Gasteiger partial charge in [0.1, 0.15) is 11.6 Å². The van der Waals surface area contributed by atoms with Crippen LogP contribution in [0.4, 0.5) is 20.2 Å². The number of nitrogens with zero attached hydrogens (tertiary/aromatic N) is 1. The molecule has 31 heavy (non-hydrogen) atoms. The molecule has 0 aliphatic carbocycles. The number of halogens is 2. The predicted octanol–water partition coefficient (Wildman–Crippen LogP) is 2.89. The van der Waals surface area contributed by atoms with E-state index in [1.165, 1.54) is 0 Å². The molecule has 0 saturated carbocycles. The molecule has 0 atom stereocenters. The second-order valence-electron chi connectivity index (χ2n) is 7.22. The van der Waals surface area contributed by atoms with Crippen molar-refractivity contribution in [3.63, 3.8) is 0 Å². The Morgan fingerprint density at radius 1 is 1.10 bits per heavy atom. The Kier molecular flexibility index (Phi) is 7.58. The molecule has 2 aromatic carbocycles. The second kappa shape index (κ2) is 10.2. The van der Waals surface area contributed by atoms with Gasteiger partial charge in [0.2, 0.25) is 15.9 Å². The number of sulfonamides is 1. The summed E-state index contributed by atoms with van der Waals surface area (Å²) in [7, 11) is -2.69. The average Bonchev–Trinajstić information content (AvgIpc) is 2.74. The van der Waals surface area contributed by atoms with Crippen molar-refractivity contribution in [2.75, 3.05) is 37.0 Å². The van der Waals surface area contributed by atoms with E-state index >= 15 is 0 Å². The summed E-state index contributed by atoms with van der Waals surface area (Å²) in [6.45, 7) is 1.49. The van der Waals surface area contributed by atoms with Crippen LogP contribution in [0.2, 0.25) is 0 Å². The van der Waals surface area contributed by atoms with Crippen molar-refractivity contribution >= 4 is 27.3 Å². The molecular weight excluding hydrogens is 428 g/mol. The number of hydrogen-bond acceptors (Lipinski definition) is 5. The van der Waals surface area contributed by atoms with Gasteiger partial charge in [0.15, 0.2) is 4.90 Å². The number of methoxy groups -OCH3 is 1. The SMILES string of the molecule is COC1CCN(c2ccc(NC(=O)CCNS(=O)(=O)c3c(F)cccc3F)cc2)CC1.